The van der Waals surface area contributed by atoms with E-state index in [2.05, 4.69) is 97.7 Å². The van der Waals surface area contributed by atoms with Crippen molar-refractivity contribution in [3.63, 3.8) is 0 Å². The van der Waals surface area contributed by atoms with Crippen LogP contribution in [-0.2, 0) is 26.9 Å². The lowest BCUT2D eigenvalue weighted by Crippen LogP contribution is -1.91. The molecule has 4 aromatic carbocycles. The van der Waals surface area contributed by atoms with Crippen molar-refractivity contribution < 1.29 is 0 Å². The molecule has 0 aliphatic heterocycles. The third-order valence-electron chi connectivity index (χ3n) is 8.38. The Labute approximate surface area is 214 Å². The molecule has 6 rings (SSSR count). The molecule has 0 radical (unpaired) electrons. The van der Waals surface area contributed by atoms with Crippen LogP contribution in [0.5, 0.6) is 0 Å². The second-order valence-electron chi connectivity index (χ2n) is 10.8. The maximum atomic E-state index is 2.44. The van der Waals surface area contributed by atoms with E-state index in [1.54, 1.807) is 0 Å². The molecule has 2 aromatic heterocycles. The number of hydrogen-bond acceptors (Lipinski definition) is 0. The molecule has 0 atom stereocenters. The fourth-order valence-corrected chi connectivity index (χ4v) is 6.42. The van der Waals surface area contributed by atoms with Gasteiger partial charge in [0.25, 0.3) is 0 Å². The quantitative estimate of drug-likeness (QED) is 0.194. The van der Waals surface area contributed by atoms with Crippen LogP contribution in [-0.4, -0.2) is 9.13 Å². The van der Waals surface area contributed by atoms with Crippen LogP contribution in [0.1, 0.15) is 63.5 Å². The van der Waals surface area contributed by atoms with Crippen LogP contribution in [0.4, 0.5) is 0 Å². The summed E-state index contributed by atoms with van der Waals surface area (Å²) in [6.07, 6.45) is 10.0. The first kappa shape index (κ1) is 23.2. The first-order chi connectivity index (χ1) is 17.6. The number of hydrogen-bond donors (Lipinski definition) is 0. The minimum absolute atomic E-state index is 1.17. The highest BCUT2D eigenvalue weighted by molar-refractivity contribution is 6.25. The SMILES string of the molecule is CCCCCc1ccc2c(c1)c1ccc3c(ccc4c5cc(CCCCC)ccc5n(C)c43)c1n2C. The zero-order chi connectivity index (χ0) is 24.8. The van der Waals surface area contributed by atoms with Gasteiger partial charge in [0.05, 0.1) is 11.0 Å². The lowest BCUT2D eigenvalue weighted by atomic mass is 10.00. The summed E-state index contributed by atoms with van der Waals surface area (Å²) in [6, 6.07) is 23.7. The summed E-state index contributed by atoms with van der Waals surface area (Å²) in [5.74, 6) is 0. The third kappa shape index (κ3) is 3.61. The number of unbranched alkanes of at least 4 members (excludes halogenated alkanes) is 4. The van der Waals surface area contributed by atoms with E-state index >= 15 is 0 Å². The summed E-state index contributed by atoms with van der Waals surface area (Å²) in [5.41, 5.74) is 8.27. The summed E-state index contributed by atoms with van der Waals surface area (Å²) in [7, 11) is 4.46. The lowest BCUT2D eigenvalue weighted by molar-refractivity contribution is 0.718. The van der Waals surface area contributed by atoms with Gasteiger partial charge in [-0.15, -0.1) is 0 Å². The number of fused-ring (bicyclic) bond motifs is 9. The maximum absolute atomic E-state index is 2.44. The van der Waals surface area contributed by atoms with Crippen LogP contribution < -0.4 is 0 Å². The van der Waals surface area contributed by atoms with Gasteiger partial charge in [-0.1, -0.05) is 75.9 Å². The van der Waals surface area contributed by atoms with Crippen molar-refractivity contribution in [1.82, 2.24) is 9.13 Å². The molecular weight excluding hydrogens is 436 g/mol. The second kappa shape index (κ2) is 9.32. The zero-order valence-electron chi connectivity index (χ0n) is 22.3. The molecule has 0 amide bonds. The Kier molecular flexibility index (Phi) is 5.99. The molecule has 0 fully saturated rings. The average molecular weight is 475 g/mol. The van der Waals surface area contributed by atoms with Crippen LogP contribution >= 0.6 is 0 Å². The van der Waals surface area contributed by atoms with Crippen molar-refractivity contribution in [2.45, 2.75) is 65.2 Å². The highest BCUT2D eigenvalue weighted by atomic mass is 14.9. The molecule has 0 aliphatic rings. The number of benzene rings is 4. The van der Waals surface area contributed by atoms with E-state index in [-0.39, 0.29) is 0 Å². The minimum atomic E-state index is 1.17. The van der Waals surface area contributed by atoms with Crippen LogP contribution in [0, 0.1) is 0 Å². The Morgan fingerprint density at radius 1 is 0.472 bits per heavy atom. The standard InChI is InChI=1S/C34H38N2/c1-5-7-9-11-23-13-19-31-29(21-23)27-17-15-26-25(33(27)35(31)3)16-18-28-30-22-24(12-10-8-6-2)14-20-32(30)36(4)34(26)28/h13-22H,5-12H2,1-4H3. The summed E-state index contributed by atoms with van der Waals surface area (Å²) < 4.78 is 4.81. The van der Waals surface area contributed by atoms with E-state index in [0.717, 1.165) is 0 Å². The number of aryl methyl sites for hydroxylation is 4. The smallest absolute Gasteiger partial charge is 0.0569 e. The Bertz CT molecular complexity index is 1600. The molecule has 2 heteroatoms. The topological polar surface area (TPSA) is 9.86 Å². The first-order valence-corrected chi connectivity index (χ1v) is 14.0. The molecule has 2 nitrogen and oxygen atoms in total. The third-order valence-corrected chi connectivity index (χ3v) is 8.38. The largest absolute Gasteiger partial charge is 0.343 e. The van der Waals surface area contributed by atoms with E-state index < -0.39 is 0 Å². The molecule has 0 aliphatic carbocycles. The van der Waals surface area contributed by atoms with Gasteiger partial charge in [0, 0.05) is 57.4 Å². The van der Waals surface area contributed by atoms with E-state index in [1.807, 2.05) is 0 Å². The van der Waals surface area contributed by atoms with Crippen molar-refractivity contribution >= 4 is 54.4 Å². The molecule has 6 aromatic rings. The van der Waals surface area contributed by atoms with Crippen LogP contribution in [0.25, 0.3) is 54.4 Å². The zero-order valence-corrected chi connectivity index (χ0v) is 22.3. The van der Waals surface area contributed by atoms with Gasteiger partial charge in [-0.25, -0.2) is 0 Å². The predicted octanol–water partition coefficient (Wildman–Crippen LogP) is 9.59. The van der Waals surface area contributed by atoms with Crippen molar-refractivity contribution in [2.75, 3.05) is 0 Å². The molecule has 0 bridgehead atoms. The highest BCUT2D eigenvalue weighted by Crippen LogP contribution is 2.39. The number of nitrogens with zero attached hydrogens (tertiary/aromatic N) is 2. The van der Waals surface area contributed by atoms with Crippen LogP contribution in [0.3, 0.4) is 0 Å². The van der Waals surface area contributed by atoms with Gasteiger partial charge in [-0.3, -0.25) is 0 Å². The summed E-state index contributed by atoms with van der Waals surface area (Å²) in [5, 5.41) is 8.21. The van der Waals surface area contributed by atoms with Gasteiger partial charge in [0.2, 0.25) is 0 Å². The molecule has 184 valence electrons. The molecule has 0 unspecified atom stereocenters. The van der Waals surface area contributed by atoms with Gasteiger partial charge in [-0.2, -0.15) is 0 Å². The Morgan fingerprint density at radius 2 is 0.861 bits per heavy atom. The van der Waals surface area contributed by atoms with E-state index in [0.29, 0.717) is 0 Å². The molecular formula is C34H38N2. The number of rotatable bonds is 8. The molecule has 0 N–H and O–H groups in total. The predicted molar refractivity (Wildman–Crippen MR) is 158 cm³/mol. The van der Waals surface area contributed by atoms with E-state index in [9.17, 15) is 0 Å². The van der Waals surface area contributed by atoms with Crippen molar-refractivity contribution in [1.29, 1.82) is 0 Å². The van der Waals surface area contributed by atoms with Gasteiger partial charge in [0.1, 0.15) is 0 Å². The van der Waals surface area contributed by atoms with Gasteiger partial charge >= 0.3 is 0 Å². The van der Waals surface area contributed by atoms with Crippen molar-refractivity contribution in [3.05, 3.63) is 71.8 Å². The number of aromatic nitrogens is 2. The fourth-order valence-electron chi connectivity index (χ4n) is 6.42. The van der Waals surface area contributed by atoms with E-state index in [4.69, 9.17) is 0 Å². The van der Waals surface area contributed by atoms with Gasteiger partial charge in [0.15, 0.2) is 0 Å². The maximum Gasteiger partial charge on any atom is 0.0569 e. The summed E-state index contributed by atoms with van der Waals surface area (Å²) in [4.78, 5) is 0. The molecule has 0 saturated heterocycles. The molecule has 2 heterocycles. The Balaban J connectivity index is 1.54. The Hall–Kier alpha value is -3.26. The first-order valence-electron chi connectivity index (χ1n) is 14.0. The second-order valence-corrected chi connectivity index (χ2v) is 10.8. The van der Waals surface area contributed by atoms with Crippen LogP contribution in [0.2, 0.25) is 0 Å². The summed E-state index contributed by atoms with van der Waals surface area (Å²) >= 11 is 0. The van der Waals surface area contributed by atoms with Crippen molar-refractivity contribution in [3.8, 4) is 0 Å². The van der Waals surface area contributed by atoms with Gasteiger partial charge in [-0.05, 0) is 61.1 Å². The molecule has 36 heavy (non-hydrogen) atoms. The fraction of sp³-hybridized carbons (Fsp3) is 0.353. The normalized spacial score (nSPS) is 12.2. The highest BCUT2D eigenvalue weighted by Gasteiger charge is 2.16. The van der Waals surface area contributed by atoms with E-state index in [1.165, 1.54) is 117 Å². The van der Waals surface area contributed by atoms with Gasteiger partial charge < -0.3 is 9.13 Å². The average Bonchev–Trinajstić information content (AvgIpc) is 3.35. The summed E-state index contributed by atoms with van der Waals surface area (Å²) in [6.45, 7) is 4.55. The molecule has 0 spiro atoms. The minimum Gasteiger partial charge on any atom is -0.343 e. The molecule has 0 saturated carbocycles. The Morgan fingerprint density at radius 3 is 1.25 bits per heavy atom. The van der Waals surface area contributed by atoms with Crippen LogP contribution in [0.15, 0.2) is 60.7 Å². The monoisotopic (exact) mass is 474 g/mol. The lowest BCUT2D eigenvalue weighted by Gasteiger charge is -2.07. The van der Waals surface area contributed by atoms with Crippen molar-refractivity contribution in [2.24, 2.45) is 14.1 Å².